The molecule has 0 N–H and O–H groups in total. The van der Waals surface area contributed by atoms with Crippen molar-refractivity contribution < 1.29 is 9.53 Å². The van der Waals surface area contributed by atoms with Crippen molar-refractivity contribution in [1.82, 2.24) is 0 Å². The Bertz CT molecular complexity index is 293. The van der Waals surface area contributed by atoms with Crippen LogP contribution < -0.4 is 4.74 Å². The molecule has 4 nitrogen and oxygen atoms in total. The first-order valence-electron chi connectivity index (χ1n) is 3.80. The van der Waals surface area contributed by atoms with Crippen molar-refractivity contribution >= 4 is 6.41 Å². The summed E-state index contributed by atoms with van der Waals surface area (Å²) in [5.41, 5.74) is 0.992. The van der Waals surface area contributed by atoms with Crippen LogP contribution in [0.25, 0.3) is 0 Å². The van der Waals surface area contributed by atoms with E-state index in [2.05, 4.69) is 10.2 Å². The quantitative estimate of drug-likeness (QED) is 0.521. The van der Waals surface area contributed by atoms with Gasteiger partial charge in [-0.2, -0.15) is 5.11 Å². The number of carbonyl (C=O) groups is 1. The van der Waals surface area contributed by atoms with Crippen LogP contribution in [-0.4, -0.2) is 13.5 Å². The molecule has 0 radical (unpaired) electrons. The van der Waals surface area contributed by atoms with E-state index in [9.17, 15) is 4.79 Å². The molecule has 0 aliphatic heterocycles. The zero-order chi connectivity index (χ0) is 9.52. The summed E-state index contributed by atoms with van der Waals surface area (Å²) in [6.07, 6.45) is 0.420. The van der Waals surface area contributed by atoms with Gasteiger partial charge < -0.3 is 4.74 Å². The van der Waals surface area contributed by atoms with Crippen molar-refractivity contribution in [1.29, 1.82) is 0 Å². The van der Waals surface area contributed by atoms with Crippen molar-refractivity contribution in [3.63, 3.8) is 0 Å². The van der Waals surface area contributed by atoms with E-state index in [4.69, 9.17) is 4.74 Å². The molecule has 0 aliphatic rings. The molecule has 0 fully saturated rings. The van der Waals surface area contributed by atoms with Gasteiger partial charge in [-0.3, -0.25) is 4.79 Å². The van der Waals surface area contributed by atoms with Crippen molar-refractivity contribution in [3.8, 4) is 5.75 Å². The first kappa shape index (κ1) is 9.38. The summed E-state index contributed by atoms with van der Waals surface area (Å²) in [7, 11) is 1.61. The van der Waals surface area contributed by atoms with Crippen LogP contribution in [0.3, 0.4) is 0 Å². The van der Waals surface area contributed by atoms with Gasteiger partial charge in [0.15, 0.2) is 0 Å². The highest BCUT2D eigenvalue weighted by Gasteiger charge is 1.91. The van der Waals surface area contributed by atoms with E-state index in [-0.39, 0.29) is 0 Å². The van der Waals surface area contributed by atoms with E-state index >= 15 is 0 Å². The number of hydrogen-bond donors (Lipinski definition) is 0. The van der Waals surface area contributed by atoms with E-state index in [1.807, 2.05) is 24.3 Å². The number of amides is 1. The molecule has 0 aliphatic carbocycles. The molecule has 0 spiro atoms. The highest BCUT2D eigenvalue weighted by molar-refractivity contribution is 5.45. The van der Waals surface area contributed by atoms with E-state index < -0.39 is 0 Å². The predicted molar refractivity (Wildman–Crippen MR) is 47.6 cm³/mol. The Labute approximate surface area is 76.2 Å². The molecule has 68 valence electrons. The third-order valence-corrected chi connectivity index (χ3v) is 1.54. The maximum absolute atomic E-state index is 9.82. The zero-order valence-electron chi connectivity index (χ0n) is 7.30. The Morgan fingerprint density at radius 3 is 2.62 bits per heavy atom. The number of methoxy groups -OCH3 is 1. The maximum atomic E-state index is 9.82. The Morgan fingerprint density at radius 1 is 1.38 bits per heavy atom. The first-order chi connectivity index (χ1) is 6.36. The molecule has 0 heterocycles. The van der Waals surface area contributed by atoms with Gasteiger partial charge >= 0.3 is 0 Å². The molecule has 0 bridgehead atoms. The fourth-order valence-electron chi connectivity index (χ4n) is 0.887. The maximum Gasteiger partial charge on any atom is 0.252 e. The number of carbonyl (C=O) groups excluding carboxylic acids is 1. The molecule has 1 rings (SSSR count). The normalized spacial score (nSPS) is 10.2. The van der Waals surface area contributed by atoms with Crippen LogP contribution >= 0.6 is 0 Å². The number of hydrogen-bond acceptors (Lipinski definition) is 3. The second kappa shape index (κ2) is 5.03. The molecule has 0 saturated carbocycles. The van der Waals surface area contributed by atoms with Crippen LogP contribution in [0, 0.1) is 0 Å². The van der Waals surface area contributed by atoms with Gasteiger partial charge in [-0.05, 0) is 17.7 Å². The highest BCUT2D eigenvalue weighted by Crippen LogP contribution is 2.11. The molecular formula is C9H10N2O2. The Balaban J connectivity index is 2.58. The Kier molecular flexibility index (Phi) is 3.63. The van der Waals surface area contributed by atoms with Crippen LogP contribution in [0.5, 0.6) is 5.75 Å². The topological polar surface area (TPSA) is 51.0 Å². The number of azo groups is 1. The van der Waals surface area contributed by atoms with Crippen molar-refractivity contribution in [2.45, 2.75) is 6.54 Å². The first-order valence-corrected chi connectivity index (χ1v) is 3.80. The number of benzene rings is 1. The predicted octanol–water partition coefficient (Wildman–Crippen LogP) is 1.80. The van der Waals surface area contributed by atoms with E-state index in [0.29, 0.717) is 13.0 Å². The highest BCUT2D eigenvalue weighted by atomic mass is 16.5. The molecule has 1 aromatic rings. The van der Waals surface area contributed by atoms with Gasteiger partial charge in [0.25, 0.3) is 6.41 Å². The van der Waals surface area contributed by atoms with Gasteiger partial charge in [-0.1, -0.05) is 12.1 Å². The summed E-state index contributed by atoms with van der Waals surface area (Å²) >= 11 is 0. The third-order valence-electron chi connectivity index (χ3n) is 1.54. The van der Waals surface area contributed by atoms with Gasteiger partial charge in [-0.15, -0.1) is 5.11 Å². The van der Waals surface area contributed by atoms with Crippen LogP contribution in [0.2, 0.25) is 0 Å². The van der Waals surface area contributed by atoms with Gasteiger partial charge in [0.1, 0.15) is 5.75 Å². The summed E-state index contributed by atoms with van der Waals surface area (Å²) in [5.74, 6) is 0.802. The number of ether oxygens (including phenoxy) is 1. The van der Waals surface area contributed by atoms with Crippen LogP contribution in [0.1, 0.15) is 5.56 Å². The van der Waals surface area contributed by atoms with Crippen LogP contribution in [0.15, 0.2) is 34.5 Å². The van der Waals surface area contributed by atoms with E-state index in [1.54, 1.807) is 7.11 Å². The fourth-order valence-corrected chi connectivity index (χ4v) is 0.887. The second-order valence-corrected chi connectivity index (χ2v) is 2.37. The average molecular weight is 178 g/mol. The lowest BCUT2D eigenvalue weighted by molar-refractivity contribution is -0.107. The van der Waals surface area contributed by atoms with Crippen LogP contribution in [-0.2, 0) is 11.3 Å². The third kappa shape index (κ3) is 3.02. The smallest absolute Gasteiger partial charge is 0.252 e. The summed E-state index contributed by atoms with van der Waals surface area (Å²) in [6, 6.07) is 7.43. The molecule has 4 heteroatoms. The molecule has 0 aromatic heterocycles. The minimum Gasteiger partial charge on any atom is -0.497 e. The Morgan fingerprint density at radius 2 is 2.08 bits per heavy atom. The second-order valence-electron chi connectivity index (χ2n) is 2.37. The lowest BCUT2D eigenvalue weighted by atomic mass is 10.2. The molecule has 13 heavy (non-hydrogen) atoms. The lowest BCUT2D eigenvalue weighted by Crippen LogP contribution is -1.84. The summed E-state index contributed by atoms with van der Waals surface area (Å²) in [4.78, 5) is 9.82. The van der Waals surface area contributed by atoms with E-state index in [1.165, 1.54) is 0 Å². The molecular weight excluding hydrogens is 168 g/mol. The summed E-state index contributed by atoms with van der Waals surface area (Å²) in [5, 5.41) is 6.85. The molecule has 0 atom stereocenters. The van der Waals surface area contributed by atoms with Gasteiger partial charge in [0, 0.05) is 0 Å². The monoisotopic (exact) mass is 178 g/mol. The minimum atomic E-state index is 0.419. The Hall–Kier alpha value is -1.71. The van der Waals surface area contributed by atoms with Crippen molar-refractivity contribution in [2.24, 2.45) is 10.2 Å². The van der Waals surface area contributed by atoms with Crippen molar-refractivity contribution in [2.75, 3.05) is 7.11 Å². The zero-order valence-corrected chi connectivity index (χ0v) is 7.30. The molecule has 1 aromatic carbocycles. The molecule has 0 saturated heterocycles. The summed E-state index contributed by atoms with van der Waals surface area (Å²) < 4.78 is 4.98. The molecule has 0 unspecified atom stereocenters. The van der Waals surface area contributed by atoms with Gasteiger partial charge in [0.05, 0.1) is 13.7 Å². The van der Waals surface area contributed by atoms with Gasteiger partial charge in [0.2, 0.25) is 0 Å². The standard InChI is InChI=1S/C9H10N2O2/c1-13-9-4-2-8(3-5-9)6-10-11-7-12/h2-5,7H,6H2,1H3. The number of rotatable bonds is 4. The van der Waals surface area contributed by atoms with Crippen LogP contribution in [0.4, 0.5) is 0 Å². The lowest BCUT2D eigenvalue weighted by Gasteiger charge is -1.99. The number of nitrogens with zero attached hydrogens (tertiary/aromatic N) is 2. The van der Waals surface area contributed by atoms with Crippen molar-refractivity contribution in [3.05, 3.63) is 29.8 Å². The largest absolute Gasteiger partial charge is 0.497 e. The van der Waals surface area contributed by atoms with E-state index in [0.717, 1.165) is 11.3 Å². The SMILES string of the molecule is COc1ccc(CN=NC=O)cc1. The van der Waals surface area contributed by atoms with Gasteiger partial charge in [-0.25, -0.2) is 0 Å². The fraction of sp³-hybridized carbons (Fsp3) is 0.222. The minimum absolute atomic E-state index is 0.419. The molecule has 1 amide bonds. The summed E-state index contributed by atoms with van der Waals surface area (Å²) in [6.45, 7) is 0.419. The average Bonchev–Trinajstić information content (AvgIpc) is 2.19.